The maximum absolute atomic E-state index is 14.2. The number of ether oxygens (including phenoxy) is 1. The molecule has 176 valence electrons. The molecular formula is C24H24FN5O4. The number of carbonyl (C=O) groups is 2. The number of methoxy groups -OCH3 is 1. The van der Waals surface area contributed by atoms with Crippen LogP contribution in [0.25, 0.3) is 11.0 Å². The van der Waals surface area contributed by atoms with Crippen molar-refractivity contribution in [3.05, 3.63) is 78.0 Å². The molecule has 0 aliphatic carbocycles. The van der Waals surface area contributed by atoms with Gasteiger partial charge in [-0.05, 0) is 49.4 Å². The molecule has 0 saturated heterocycles. The van der Waals surface area contributed by atoms with Gasteiger partial charge in [0.15, 0.2) is 6.04 Å². The predicted molar refractivity (Wildman–Crippen MR) is 122 cm³/mol. The Morgan fingerprint density at radius 3 is 2.74 bits per heavy atom. The molecule has 10 heteroatoms. The molecule has 34 heavy (non-hydrogen) atoms. The second-order valence-corrected chi connectivity index (χ2v) is 7.61. The molecule has 0 saturated carbocycles. The van der Waals surface area contributed by atoms with Gasteiger partial charge >= 0.3 is 0 Å². The minimum absolute atomic E-state index is 0.204. The lowest BCUT2D eigenvalue weighted by Gasteiger charge is -2.30. The van der Waals surface area contributed by atoms with Gasteiger partial charge in [-0.25, -0.2) is 9.07 Å². The Labute approximate surface area is 195 Å². The molecule has 0 spiro atoms. The van der Waals surface area contributed by atoms with Crippen molar-refractivity contribution < 1.29 is 23.1 Å². The number of aromatic nitrogens is 3. The van der Waals surface area contributed by atoms with E-state index in [0.717, 1.165) is 0 Å². The number of para-hydroxylation sites is 1. The molecule has 4 rings (SSSR count). The zero-order valence-corrected chi connectivity index (χ0v) is 18.8. The van der Waals surface area contributed by atoms with Crippen LogP contribution < -0.4 is 10.2 Å². The highest BCUT2D eigenvalue weighted by Crippen LogP contribution is 2.30. The molecule has 0 bridgehead atoms. The van der Waals surface area contributed by atoms with Gasteiger partial charge in [-0.3, -0.25) is 14.5 Å². The quantitative estimate of drug-likeness (QED) is 0.381. The first kappa shape index (κ1) is 23.1. The summed E-state index contributed by atoms with van der Waals surface area (Å²) in [5, 5.41) is 10.9. The molecule has 0 radical (unpaired) electrons. The van der Waals surface area contributed by atoms with E-state index < -0.39 is 23.7 Å². The van der Waals surface area contributed by atoms with E-state index in [-0.39, 0.29) is 31.1 Å². The third kappa shape index (κ3) is 4.96. The number of hydrogen-bond donors (Lipinski definition) is 1. The molecular weight excluding hydrogens is 441 g/mol. The highest BCUT2D eigenvalue weighted by atomic mass is 19.1. The summed E-state index contributed by atoms with van der Waals surface area (Å²) >= 11 is 0. The maximum atomic E-state index is 14.2. The van der Waals surface area contributed by atoms with Crippen molar-refractivity contribution in [3.8, 4) is 0 Å². The highest BCUT2D eigenvalue weighted by molar-refractivity contribution is 6.01. The summed E-state index contributed by atoms with van der Waals surface area (Å²) in [5.41, 5.74) is 1.49. The monoisotopic (exact) mass is 465 g/mol. The lowest BCUT2D eigenvalue weighted by atomic mass is 10.1. The third-order valence-corrected chi connectivity index (χ3v) is 5.20. The number of hydrogen-bond acceptors (Lipinski definition) is 6. The fourth-order valence-electron chi connectivity index (χ4n) is 3.65. The van der Waals surface area contributed by atoms with Gasteiger partial charge in [0.2, 0.25) is 5.91 Å². The van der Waals surface area contributed by atoms with Crippen molar-refractivity contribution in [2.45, 2.75) is 19.5 Å². The zero-order valence-electron chi connectivity index (χ0n) is 18.8. The zero-order chi connectivity index (χ0) is 24.1. The summed E-state index contributed by atoms with van der Waals surface area (Å²) in [7, 11) is 1.52. The number of amides is 2. The molecule has 1 atom stereocenters. The normalized spacial score (nSPS) is 12.0. The fraction of sp³-hybridized carbons (Fsp3) is 0.250. The van der Waals surface area contributed by atoms with Crippen LogP contribution in [0.1, 0.15) is 17.6 Å². The molecule has 1 N–H and O–H groups in total. The van der Waals surface area contributed by atoms with Crippen LogP contribution in [-0.4, -0.2) is 47.1 Å². The number of nitrogens with one attached hydrogen (secondary N) is 1. The fourth-order valence-corrected chi connectivity index (χ4v) is 3.65. The Kier molecular flexibility index (Phi) is 6.98. The number of aryl methyl sites for hydroxylation is 1. The highest BCUT2D eigenvalue weighted by Gasteiger charge is 2.35. The second kappa shape index (κ2) is 10.3. The number of fused-ring (bicyclic) bond motifs is 1. The van der Waals surface area contributed by atoms with Crippen LogP contribution in [0.15, 0.2) is 65.1 Å². The number of carbonyl (C=O) groups excluding carboxylic acids is 2. The van der Waals surface area contributed by atoms with Crippen molar-refractivity contribution in [1.82, 2.24) is 20.3 Å². The van der Waals surface area contributed by atoms with Gasteiger partial charge < -0.3 is 14.5 Å². The van der Waals surface area contributed by atoms with Gasteiger partial charge in [0, 0.05) is 19.3 Å². The van der Waals surface area contributed by atoms with Crippen molar-refractivity contribution in [3.63, 3.8) is 0 Å². The van der Waals surface area contributed by atoms with Crippen LogP contribution in [0.5, 0.6) is 0 Å². The lowest BCUT2D eigenvalue weighted by molar-refractivity contribution is -0.127. The molecule has 2 aromatic carbocycles. The molecule has 2 aromatic heterocycles. The first-order valence-corrected chi connectivity index (χ1v) is 10.7. The Morgan fingerprint density at radius 1 is 1.18 bits per heavy atom. The van der Waals surface area contributed by atoms with Crippen molar-refractivity contribution >= 4 is 28.5 Å². The molecule has 2 heterocycles. The minimum atomic E-state index is -1.19. The van der Waals surface area contributed by atoms with E-state index in [9.17, 15) is 14.0 Å². The standard InChI is InChI=1S/C24H24FN5O4/c1-16-10-11-21(34-16)23(24(32)26-12-13-33-2)30(18-7-5-6-17(25)14-18)22(31)15-29-20-9-4-3-8-19(20)27-28-29/h3-11,14,23H,12-13,15H2,1-2H3,(H,26,32)/t23-/m0/s1. The first-order valence-electron chi connectivity index (χ1n) is 10.7. The molecule has 0 aliphatic heterocycles. The minimum Gasteiger partial charge on any atom is -0.464 e. The Morgan fingerprint density at radius 2 is 2.00 bits per heavy atom. The number of halogens is 1. The van der Waals surface area contributed by atoms with Gasteiger partial charge in [0.25, 0.3) is 5.91 Å². The summed E-state index contributed by atoms with van der Waals surface area (Å²) in [6, 6.07) is 14.8. The Bertz CT molecular complexity index is 1300. The van der Waals surface area contributed by atoms with Crippen LogP contribution in [0.3, 0.4) is 0 Å². The second-order valence-electron chi connectivity index (χ2n) is 7.61. The van der Waals surface area contributed by atoms with Crippen molar-refractivity contribution in [2.24, 2.45) is 0 Å². The molecule has 0 aliphatic rings. The summed E-state index contributed by atoms with van der Waals surface area (Å²) in [4.78, 5) is 28.2. The number of nitrogens with zero attached hydrogens (tertiary/aromatic N) is 4. The van der Waals surface area contributed by atoms with Crippen LogP contribution in [0.4, 0.5) is 10.1 Å². The van der Waals surface area contributed by atoms with Gasteiger partial charge in [-0.2, -0.15) is 0 Å². The van der Waals surface area contributed by atoms with Crippen molar-refractivity contribution in [2.75, 3.05) is 25.2 Å². The smallest absolute Gasteiger partial charge is 0.251 e. The predicted octanol–water partition coefficient (Wildman–Crippen LogP) is 3.01. The van der Waals surface area contributed by atoms with Gasteiger partial charge in [-0.1, -0.05) is 23.4 Å². The van der Waals surface area contributed by atoms with E-state index in [0.29, 0.717) is 16.8 Å². The molecule has 0 fully saturated rings. The van der Waals surface area contributed by atoms with E-state index in [1.807, 2.05) is 12.1 Å². The van der Waals surface area contributed by atoms with Gasteiger partial charge in [0.1, 0.15) is 29.4 Å². The number of benzene rings is 2. The van der Waals surface area contributed by atoms with E-state index in [4.69, 9.17) is 9.15 Å². The SMILES string of the molecule is COCCNC(=O)[C@H](c1ccc(C)o1)N(C(=O)Cn1nnc2ccccc21)c1cccc(F)c1. The van der Waals surface area contributed by atoms with Crippen LogP contribution in [0.2, 0.25) is 0 Å². The third-order valence-electron chi connectivity index (χ3n) is 5.20. The lowest BCUT2D eigenvalue weighted by Crippen LogP contribution is -2.45. The van der Waals surface area contributed by atoms with Crippen LogP contribution in [-0.2, 0) is 20.9 Å². The first-order chi connectivity index (χ1) is 16.5. The van der Waals surface area contributed by atoms with Crippen LogP contribution >= 0.6 is 0 Å². The summed E-state index contributed by atoms with van der Waals surface area (Å²) in [6.07, 6.45) is 0. The molecule has 9 nitrogen and oxygen atoms in total. The molecule has 0 unspecified atom stereocenters. The van der Waals surface area contributed by atoms with E-state index in [1.165, 1.54) is 34.9 Å². The van der Waals surface area contributed by atoms with Gasteiger partial charge in [-0.15, -0.1) is 5.10 Å². The number of rotatable bonds is 9. The average molecular weight is 465 g/mol. The number of furan rings is 1. The molecule has 2 amide bonds. The largest absolute Gasteiger partial charge is 0.464 e. The maximum Gasteiger partial charge on any atom is 0.251 e. The Balaban J connectivity index is 1.76. The summed E-state index contributed by atoms with van der Waals surface area (Å²) in [6.45, 7) is 2.02. The Hall–Kier alpha value is -4.05. The average Bonchev–Trinajstić information content (AvgIpc) is 3.43. The topological polar surface area (TPSA) is 102 Å². The van der Waals surface area contributed by atoms with E-state index >= 15 is 0 Å². The number of anilines is 1. The summed E-state index contributed by atoms with van der Waals surface area (Å²) in [5.74, 6) is -0.725. The van der Waals surface area contributed by atoms with E-state index in [1.54, 1.807) is 37.3 Å². The van der Waals surface area contributed by atoms with Crippen molar-refractivity contribution in [1.29, 1.82) is 0 Å². The van der Waals surface area contributed by atoms with Gasteiger partial charge in [0.05, 0.1) is 12.1 Å². The summed E-state index contributed by atoms with van der Waals surface area (Å²) < 4.78 is 26.4. The van der Waals surface area contributed by atoms with Crippen LogP contribution in [0, 0.1) is 12.7 Å². The molecule has 4 aromatic rings. The van der Waals surface area contributed by atoms with E-state index in [2.05, 4.69) is 15.6 Å².